The highest BCUT2D eigenvalue weighted by atomic mass is 127. The van der Waals surface area contributed by atoms with Crippen molar-refractivity contribution in [2.24, 2.45) is 0 Å². The largest absolute Gasteiger partial charge is 0.417 e. The monoisotopic (exact) mass is 1120 g/mol. The molecule has 11 nitrogen and oxygen atoms in total. The molecule has 0 atom stereocenters. The number of pyridine rings is 2. The first-order valence-corrected chi connectivity index (χ1v) is 23.6. The SMILES string of the molecule is CS(=O)(=O)c1cc(C(=O)c2cc(S(C)(=O)=O)cc(N3CCN(c4ncc(C(F)(F)F)cc4Cl)CC3)c2I)c(I)c(N2CCN(c3ncc(C(F)(F)F)cc3Cl)CC2)c1. The number of aromatic nitrogens is 2. The zero-order valence-electron chi connectivity index (χ0n) is 30.1. The number of carbonyl (C=O) groups is 1. The van der Waals surface area contributed by atoms with Crippen LogP contribution in [-0.2, 0) is 32.0 Å². The maximum Gasteiger partial charge on any atom is 0.417 e. The normalized spacial score (nSPS) is 15.9. The molecule has 0 saturated carbocycles. The second-order valence-electron chi connectivity index (χ2n) is 13.5. The molecule has 0 aliphatic carbocycles. The third-order valence-electron chi connectivity index (χ3n) is 9.54. The Morgan fingerprint density at radius 3 is 1.17 bits per heavy atom. The van der Waals surface area contributed by atoms with Crippen molar-refractivity contribution in [1.82, 2.24) is 9.97 Å². The predicted molar refractivity (Wildman–Crippen MR) is 225 cm³/mol. The lowest BCUT2D eigenvalue weighted by Crippen LogP contribution is -2.47. The van der Waals surface area contributed by atoms with Gasteiger partial charge < -0.3 is 19.6 Å². The molecule has 0 unspecified atom stereocenters. The summed E-state index contributed by atoms with van der Waals surface area (Å²) < 4.78 is 132. The van der Waals surface area contributed by atoms with Gasteiger partial charge in [0.15, 0.2) is 25.5 Å². The van der Waals surface area contributed by atoms with Gasteiger partial charge in [0.25, 0.3) is 0 Å². The highest BCUT2D eigenvalue weighted by Crippen LogP contribution is 2.39. The fraction of sp³-hybridized carbons (Fsp3) is 0.343. The van der Waals surface area contributed by atoms with Gasteiger partial charge in [-0.25, -0.2) is 26.8 Å². The molecule has 4 heterocycles. The van der Waals surface area contributed by atoms with Crippen LogP contribution < -0.4 is 19.6 Å². The molecule has 2 aliphatic heterocycles. The number of halogens is 10. The van der Waals surface area contributed by atoms with Crippen LogP contribution in [0.1, 0.15) is 27.0 Å². The first kappa shape index (κ1) is 44.7. The Kier molecular flexibility index (Phi) is 12.7. The van der Waals surface area contributed by atoms with Gasteiger partial charge in [-0.3, -0.25) is 4.79 Å². The Morgan fingerprint density at radius 1 is 0.586 bits per heavy atom. The quantitative estimate of drug-likeness (QED) is 0.0980. The number of rotatable bonds is 8. The summed E-state index contributed by atoms with van der Waals surface area (Å²) in [7, 11) is -7.79. The molecule has 0 bridgehead atoms. The predicted octanol–water partition coefficient (Wildman–Crippen LogP) is 7.72. The molecule has 0 amide bonds. The van der Waals surface area contributed by atoms with E-state index in [4.69, 9.17) is 23.2 Å². The van der Waals surface area contributed by atoms with Gasteiger partial charge in [-0.15, -0.1) is 0 Å². The number of alkyl halides is 6. The zero-order valence-corrected chi connectivity index (χ0v) is 37.6. The standard InChI is InChI=1S/C35H30Cl2F6I2N6O5S2/c1-57(53,54)21-13-23(29(44)27(15-21)48-3-7-50(8-4-48)32-25(36)11-19(17-46-32)34(38,39)40)31(52)24-14-22(58(2,55)56)16-28(30(24)45)49-5-9-51(10-6-49)33-26(37)12-20(18-47-33)35(41,42)43/h11-18H,3-10H2,1-2H3. The topological polar surface area (TPSA) is 124 Å². The fourth-order valence-electron chi connectivity index (χ4n) is 6.49. The minimum absolute atomic E-state index is 0.00392. The molecular weight excluding hydrogens is 1090 g/mol. The Balaban J connectivity index is 1.31. The molecule has 312 valence electrons. The summed E-state index contributed by atoms with van der Waals surface area (Å²) in [6.45, 7) is 1.97. The highest BCUT2D eigenvalue weighted by Gasteiger charge is 2.35. The summed E-state index contributed by atoms with van der Waals surface area (Å²) >= 11 is 16.3. The number of nitrogens with zero attached hydrogens (tertiary/aromatic N) is 6. The van der Waals surface area contributed by atoms with E-state index in [0.29, 0.717) is 30.9 Å². The lowest BCUT2D eigenvalue weighted by molar-refractivity contribution is -0.138. The third kappa shape index (κ3) is 9.52. The lowest BCUT2D eigenvalue weighted by atomic mass is 10.0. The van der Waals surface area contributed by atoms with Crippen molar-refractivity contribution in [3.8, 4) is 0 Å². The molecule has 23 heteroatoms. The van der Waals surface area contributed by atoms with E-state index in [0.717, 1.165) is 24.6 Å². The number of anilines is 4. The third-order valence-corrected chi connectivity index (χ3v) is 14.5. The van der Waals surface area contributed by atoms with E-state index in [1.165, 1.54) is 24.3 Å². The van der Waals surface area contributed by atoms with E-state index < -0.39 is 48.9 Å². The minimum atomic E-state index is -4.63. The first-order valence-electron chi connectivity index (χ1n) is 16.9. The van der Waals surface area contributed by atoms with Gasteiger partial charge in [0, 0.05) is 95.5 Å². The van der Waals surface area contributed by atoms with Crippen molar-refractivity contribution >= 4 is 117 Å². The maximum absolute atomic E-state index is 14.6. The number of hydrogen-bond donors (Lipinski definition) is 0. The lowest BCUT2D eigenvalue weighted by Gasteiger charge is -2.38. The van der Waals surface area contributed by atoms with Crippen molar-refractivity contribution in [3.05, 3.63) is 88.2 Å². The second kappa shape index (κ2) is 16.5. The molecule has 0 N–H and O–H groups in total. The Labute approximate surface area is 366 Å². The van der Waals surface area contributed by atoms with E-state index in [2.05, 4.69) is 9.97 Å². The summed E-state index contributed by atoms with van der Waals surface area (Å²) in [5.41, 5.74) is -1.18. The van der Waals surface area contributed by atoms with Crippen LogP contribution in [0, 0.1) is 7.14 Å². The van der Waals surface area contributed by atoms with Crippen molar-refractivity contribution in [2.45, 2.75) is 22.1 Å². The van der Waals surface area contributed by atoms with Crippen LogP contribution in [0.4, 0.5) is 49.4 Å². The number of carbonyl (C=O) groups excluding carboxylic acids is 1. The fourth-order valence-corrected chi connectivity index (χ4v) is 10.2. The highest BCUT2D eigenvalue weighted by molar-refractivity contribution is 14.1. The first-order chi connectivity index (χ1) is 26.8. The van der Waals surface area contributed by atoms with Crippen molar-refractivity contribution in [3.63, 3.8) is 0 Å². The van der Waals surface area contributed by atoms with Crippen LogP contribution in [0.25, 0.3) is 0 Å². The van der Waals surface area contributed by atoms with Crippen LogP contribution in [0.2, 0.25) is 10.0 Å². The van der Waals surface area contributed by atoms with Crippen molar-refractivity contribution < 1.29 is 48.0 Å². The average Bonchev–Trinajstić information content (AvgIpc) is 3.13. The van der Waals surface area contributed by atoms with Gasteiger partial charge in [0.05, 0.1) is 42.3 Å². The molecule has 2 aromatic carbocycles. The summed E-state index contributed by atoms with van der Waals surface area (Å²) in [6.07, 6.45) is -5.87. The van der Waals surface area contributed by atoms with E-state index >= 15 is 0 Å². The molecule has 58 heavy (non-hydrogen) atoms. The molecule has 6 rings (SSSR count). The van der Waals surface area contributed by atoms with Gasteiger partial charge in [-0.2, -0.15) is 26.3 Å². The van der Waals surface area contributed by atoms with Crippen LogP contribution in [0.3, 0.4) is 0 Å². The second-order valence-corrected chi connectivity index (χ2v) is 20.5. The van der Waals surface area contributed by atoms with Crippen molar-refractivity contribution in [2.75, 3.05) is 84.5 Å². The zero-order chi connectivity index (χ0) is 42.7. The van der Waals surface area contributed by atoms with Gasteiger partial charge in [0.1, 0.15) is 11.6 Å². The summed E-state index contributed by atoms with van der Waals surface area (Å²) in [4.78, 5) is 29.2. The number of piperazine rings is 2. The van der Waals surface area contributed by atoms with Crippen LogP contribution in [0.15, 0.2) is 58.6 Å². The number of hydrogen-bond acceptors (Lipinski definition) is 11. The van der Waals surface area contributed by atoms with Gasteiger partial charge in [-0.1, -0.05) is 23.2 Å². The van der Waals surface area contributed by atoms with Crippen molar-refractivity contribution in [1.29, 1.82) is 0 Å². The van der Waals surface area contributed by atoms with E-state index in [1.54, 1.807) is 9.80 Å². The summed E-state index contributed by atoms with van der Waals surface area (Å²) in [5, 5.41) is -0.366. The Morgan fingerprint density at radius 2 is 0.897 bits per heavy atom. The van der Waals surface area contributed by atoms with Crippen LogP contribution >= 0.6 is 68.4 Å². The molecule has 2 saturated heterocycles. The molecule has 4 aromatic rings. The molecule has 2 fully saturated rings. The molecule has 0 radical (unpaired) electrons. The number of benzene rings is 2. The summed E-state index contributed by atoms with van der Waals surface area (Å²) in [5.74, 6) is -0.337. The minimum Gasteiger partial charge on any atom is -0.367 e. The summed E-state index contributed by atoms with van der Waals surface area (Å²) in [6, 6.07) is 6.96. The average molecular weight is 1120 g/mol. The van der Waals surface area contributed by atoms with Crippen LogP contribution in [0.5, 0.6) is 0 Å². The van der Waals surface area contributed by atoms with E-state index in [1.807, 2.05) is 55.0 Å². The number of sulfone groups is 2. The van der Waals surface area contributed by atoms with Gasteiger partial charge >= 0.3 is 12.4 Å². The number of ketones is 1. The molecule has 0 spiro atoms. The van der Waals surface area contributed by atoms with Gasteiger partial charge in [-0.05, 0) is 81.6 Å². The van der Waals surface area contributed by atoms with E-state index in [-0.39, 0.29) is 95.0 Å². The Bertz CT molecular complexity index is 2350. The van der Waals surface area contributed by atoms with Gasteiger partial charge in [0.2, 0.25) is 0 Å². The van der Waals surface area contributed by atoms with E-state index in [9.17, 15) is 48.0 Å². The molecular formula is C35H30Cl2F6I2N6O5S2. The van der Waals surface area contributed by atoms with Crippen LogP contribution in [-0.4, -0.2) is 97.5 Å². The maximum atomic E-state index is 14.6. The molecule has 2 aromatic heterocycles. The Hall–Kier alpha value is -2.87. The smallest absolute Gasteiger partial charge is 0.367 e. The molecule has 2 aliphatic rings.